The topological polar surface area (TPSA) is 80.6 Å². The van der Waals surface area contributed by atoms with Crippen LogP contribution in [0.2, 0.25) is 10.0 Å². The minimum atomic E-state index is 0.0110. The fourth-order valence-corrected chi connectivity index (χ4v) is 1.91. The molecule has 0 radical (unpaired) electrons. The van der Waals surface area contributed by atoms with Crippen molar-refractivity contribution in [3.8, 4) is 11.3 Å². The zero-order valence-electron chi connectivity index (χ0n) is 9.61. The van der Waals surface area contributed by atoms with Crippen LogP contribution >= 0.6 is 23.2 Å². The molecule has 0 atom stereocenters. The summed E-state index contributed by atoms with van der Waals surface area (Å²) in [6.07, 6.45) is 0. The van der Waals surface area contributed by atoms with Gasteiger partial charge in [0.25, 0.3) is 0 Å². The molecule has 0 amide bonds. The van der Waals surface area contributed by atoms with Crippen molar-refractivity contribution in [1.29, 1.82) is 5.41 Å². The molecule has 0 aliphatic carbocycles. The van der Waals surface area contributed by atoms with Crippen LogP contribution in [-0.2, 0) is 6.54 Å². The molecule has 0 bridgehead atoms. The molecule has 5 nitrogen and oxygen atoms in total. The lowest BCUT2D eigenvalue weighted by Gasteiger charge is -2.09. The van der Waals surface area contributed by atoms with Crippen molar-refractivity contribution in [3.63, 3.8) is 0 Å². The summed E-state index contributed by atoms with van der Waals surface area (Å²) in [5, 5.41) is 12.9. The molecule has 2 aromatic rings. The van der Waals surface area contributed by atoms with Gasteiger partial charge in [-0.2, -0.15) is 10.1 Å². The molecule has 1 aromatic carbocycles. The number of nitrogens with two attached hydrogens (primary N) is 1. The third kappa shape index (κ3) is 2.32. The van der Waals surface area contributed by atoms with Gasteiger partial charge in [0, 0.05) is 17.1 Å². The predicted molar refractivity (Wildman–Crippen MR) is 71.4 cm³/mol. The summed E-state index contributed by atoms with van der Waals surface area (Å²) in [4.78, 5) is 3.93. The van der Waals surface area contributed by atoms with E-state index >= 15 is 0 Å². The molecule has 0 aliphatic heterocycles. The van der Waals surface area contributed by atoms with Gasteiger partial charge in [0.05, 0.1) is 5.02 Å². The molecule has 1 heterocycles. The Morgan fingerprint density at radius 1 is 1.39 bits per heavy atom. The van der Waals surface area contributed by atoms with Gasteiger partial charge in [-0.3, -0.25) is 5.41 Å². The number of benzene rings is 1. The van der Waals surface area contributed by atoms with Gasteiger partial charge in [0.15, 0.2) is 5.82 Å². The standard InChI is InChI=1S/C11H11Cl2N5/c1-2-18-11(15)16-10(14)9(17-18)7-5-6(12)3-4-8(7)13/h3-5H,2H2,1H3,(H3,14,15,16). The van der Waals surface area contributed by atoms with Gasteiger partial charge in [-0.25, -0.2) is 4.68 Å². The van der Waals surface area contributed by atoms with Crippen molar-refractivity contribution in [2.24, 2.45) is 0 Å². The molecule has 3 N–H and O–H groups in total. The normalized spacial score (nSPS) is 10.6. The zero-order valence-corrected chi connectivity index (χ0v) is 11.1. The first-order valence-electron chi connectivity index (χ1n) is 5.27. The fourth-order valence-electron chi connectivity index (χ4n) is 1.54. The summed E-state index contributed by atoms with van der Waals surface area (Å²) in [5.41, 5.74) is 6.84. The molecule has 0 saturated carbocycles. The highest BCUT2D eigenvalue weighted by molar-refractivity contribution is 6.35. The third-order valence-corrected chi connectivity index (χ3v) is 2.98. The minimum absolute atomic E-state index is 0.0110. The number of nitrogens with one attached hydrogen (secondary N) is 1. The molecule has 1 aromatic heterocycles. The highest BCUT2D eigenvalue weighted by atomic mass is 35.5. The summed E-state index contributed by atoms with van der Waals surface area (Å²) >= 11 is 12.0. The number of halogens is 2. The lowest BCUT2D eigenvalue weighted by atomic mass is 10.1. The van der Waals surface area contributed by atoms with E-state index < -0.39 is 0 Å². The Morgan fingerprint density at radius 2 is 2.11 bits per heavy atom. The number of aromatic nitrogens is 3. The van der Waals surface area contributed by atoms with Crippen molar-refractivity contribution in [2.75, 3.05) is 5.73 Å². The van der Waals surface area contributed by atoms with E-state index in [2.05, 4.69) is 10.1 Å². The van der Waals surface area contributed by atoms with Crippen LogP contribution in [0, 0.1) is 5.41 Å². The Morgan fingerprint density at radius 3 is 2.78 bits per heavy atom. The zero-order chi connectivity index (χ0) is 13.3. The molecule has 0 aliphatic rings. The molecule has 0 fully saturated rings. The summed E-state index contributed by atoms with van der Waals surface area (Å²) in [5.74, 6) is 0.161. The predicted octanol–water partition coefficient (Wildman–Crippen LogP) is 2.33. The van der Waals surface area contributed by atoms with E-state index in [1.807, 2.05) is 6.92 Å². The number of aryl methyl sites for hydroxylation is 1. The Balaban J connectivity index is 2.70. The van der Waals surface area contributed by atoms with Crippen molar-refractivity contribution >= 4 is 29.0 Å². The maximum Gasteiger partial charge on any atom is 0.240 e. The molecule has 0 unspecified atom stereocenters. The van der Waals surface area contributed by atoms with Crippen LogP contribution in [-0.4, -0.2) is 14.8 Å². The number of rotatable bonds is 2. The van der Waals surface area contributed by atoms with Gasteiger partial charge < -0.3 is 5.73 Å². The summed E-state index contributed by atoms with van der Waals surface area (Å²) in [6.45, 7) is 2.39. The van der Waals surface area contributed by atoms with E-state index in [9.17, 15) is 0 Å². The molecule has 0 saturated heterocycles. The first-order valence-corrected chi connectivity index (χ1v) is 6.03. The van der Waals surface area contributed by atoms with Gasteiger partial charge in [-0.1, -0.05) is 23.2 Å². The number of hydrogen-bond donors (Lipinski definition) is 2. The number of hydrogen-bond acceptors (Lipinski definition) is 4. The number of anilines is 1. The van der Waals surface area contributed by atoms with Gasteiger partial charge in [-0.15, -0.1) is 0 Å². The molecule has 7 heteroatoms. The SMILES string of the molecule is CCn1nc(-c2cc(Cl)ccc2Cl)c(N)nc1=N. The first-order chi connectivity index (χ1) is 8.52. The van der Waals surface area contributed by atoms with E-state index in [0.29, 0.717) is 27.8 Å². The molecule has 0 spiro atoms. The maximum absolute atomic E-state index is 7.62. The Hall–Kier alpha value is -1.59. The molecular formula is C11H11Cl2N5. The minimum Gasteiger partial charge on any atom is -0.382 e. The van der Waals surface area contributed by atoms with Gasteiger partial charge in [-0.05, 0) is 25.1 Å². The summed E-state index contributed by atoms with van der Waals surface area (Å²) in [7, 11) is 0. The molecule has 94 valence electrons. The monoisotopic (exact) mass is 283 g/mol. The maximum atomic E-state index is 7.62. The van der Waals surface area contributed by atoms with Crippen molar-refractivity contribution in [3.05, 3.63) is 33.9 Å². The molecule has 2 rings (SSSR count). The average Bonchev–Trinajstić information content (AvgIpc) is 2.33. The first kappa shape index (κ1) is 12.9. The summed E-state index contributed by atoms with van der Waals surface area (Å²) in [6, 6.07) is 5.03. The smallest absolute Gasteiger partial charge is 0.240 e. The van der Waals surface area contributed by atoms with Crippen LogP contribution in [0.25, 0.3) is 11.3 Å². The highest BCUT2D eigenvalue weighted by Gasteiger charge is 2.12. The van der Waals surface area contributed by atoms with E-state index in [1.165, 1.54) is 4.68 Å². The van der Waals surface area contributed by atoms with Crippen LogP contribution in [0.3, 0.4) is 0 Å². The second kappa shape index (κ2) is 4.96. The second-order valence-corrected chi connectivity index (χ2v) is 4.45. The van der Waals surface area contributed by atoms with E-state index in [-0.39, 0.29) is 11.4 Å². The van der Waals surface area contributed by atoms with Gasteiger partial charge in [0.1, 0.15) is 5.69 Å². The fraction of sp³-hybridized carbons (Fsp3) is 0.182. The van der Waals surface area contributed by atoms with Crippen LogP contribution in [0.15, 0.2) is 18.2 Å². The third-order valence-electron chi connectivity index (χ3n) is 2.42. The van der Waals surface area contributed by atoms with E-state index in [0.717, 1.165) is 0 Å². The highest BCUT2D eigenvalue weighted by Crippen LogP contribution is 2.31. The quantitative estimate of drug-likeness (QED) is 0.888. The van der Waals surface area contributed by atoms with E-state index in [4.69, 9.17) is 34.3 Å². The number of nitrogens with zero attached hydrogens (tertiary/aromatic N) is 3. The van der Waals surface area contributed by atoms with Crippen molar-refractivity contribution < 1.29 is 0 Å². The van der Waals surface area contributed by atoms with Gasteiger partial charge in [0.2, 0.25) is 5.62 Å². The lowest BCUT2D eigenvalue weighted by molar-refractivity contribution is 0.577. The van der Waals surface area contributed by atoms with Crippen LogP contribution in [0.5, 0.6) is 0 Å². The average molecular weight is 284 g/mol. The van der Waals surface area contributed by atoms with Crippen molar-refractivity contribution in [1.82, 2.24) is 14.8 Å². The van der Waals surface area contributed by atoms with Crippen LogP contribution in [0.1, 0.15) is 6.92 Å². The number of nitrogen functional groups attached to an aromatic ring is 1. The molecule has 18 heavy (non-hydrogen) atoms. The molecular weight excluding hydrogens is 273 g/mol. The van der Waals surface area contributed by atoms with Crippen LogP contribution < -0.4 is 11.4 Å². The largest absolute Gasteiger partial charge is 0.382 e. The van der Waals surface area contributed by atoms with E-state index in [1.54, 1.807) is 18.2 Å². The Kier molecular flexibility index (Phi) is 3.54. The lowest BCUT2D eigenvalue weighted by Crippen LogP contribution is -2.27. The second-order valence-electron chi connectivity index (χ2n) is 3.61. The van der Waals surface area contributed by atoms with Crippen LogP contribution in [0.4, 0.5) is 5.82 Å². The van der Waals surface area contributed by atoms with Gasteiger partial charge >= 0.3 is 0 Å². The van der Waals surface area contributed by atoms with Crippen molar-refractivity contribution in [2.45, 2.75) is 13.5 Å². The Labute approximate surface area is 114 Å². The Bertz CT molecular complexity index is 650. The summed E-state index contributed by atoms with van der Waals surface area (Å²) < 4.78 is 1.43.